The number of aliphatic hydroxyl groups excluding tert-OH is 2. The Bertz CT molecular complexity index is 156. The van der Waals surface area contributed by atoms with Crippen LogP contribution < -0.4 is 0 Å². The molecule has 0 radical (unpaired) electrons. The molecule has 0 fully saturated rings. The van der Waals surface area contributed by atoms with Gasteiger partial charge in [-0.25, -0.2) is 0 Å². The molecular weight excluding hydrogens is 166 g/mol. The fourth-order valence-electron chi connectivity index (χ4n) is 0.641. The van der Waals surface area contributed by atoms with Crippen molar-refractivity contribution in [3.8, 4) is 0 Å². The molecule has 4 N–H and O–H groups in total. The van der Waals surface area contributed by atoms with Gasteiger partial charge in [0.25, 0.3) is 0 Å². The zero-order valence-electron chi connectivity index (χ0n) is 6.77. The molecule has 0 aromatic carbocycles. The van der Waals surface area contributed by atoms with E-state index < -0.39 is 31.5 Å². The Kier molecular flexibility index (Phi) is 4.11. The molecule has 0 heterocycles. The molecule has 6 nitrogen and oxygen atoms in total. The summed E-state index contributed by atoms with van der Waals surface area (Å²) in [5.41, 5.74) is -1.86. The van der Waals surface area contributed by atoms with Crippen molar-refractivity contribution in [3.05, 3.63) is 0 Å². The van der Waals surface area contributed by atoms with Gasteiger partial charge in [-0.15, -0.1) is 0 Å². The number of carbonyl (C=O) groups is 1. The van der Waals surface area contributed by atoms with Crippen molar-refractivity contribution in [3.63, 3.8) is 0 Å². The van der Waals surface area contributed by atoms with Crippen LogP contribution in [-0.2, 0) is 4.79 Å². The van der Waals surface area contributed by atoms with Crippen molar-refractivity contribution in [2.45, 2.75) is 5.72 Å². The molecule has 0 amide bonds. The maximum Gasteiger partial charge on any atom is 0.317 e. The van der Waals surface area contributed by atoms with Crippen LogP contribution in [-0.4, -0.2) is 63.8 Å². The number of hydrogen-bond acceptors (Lipinski definition) is 5. The summed E-state index contributed by atoms with van der Waals surface area (Å²) in [6.07, 6.45) is 0. The van der Waals surface area contributed by atoms with Gasteiger partial charge < -0.3 is 20.4 Å². The van der Waals surface area contributed by atoms with Gasteiger partial charge in [0.1, 0.15) is 0 Å². The molecule has 0 saturated carbocycles. The fraction of sp³-hybridized carbons (Fsp3) is 0.833. The van der Waals surface area contributed by atoms with Crippen LogP contribution in [0.1, 0.15) is 0 Å². The second kappa shape index (κ2) is 4.36. The van der Waals surface area contributed by atoms with E-state index >= 15 is 0 Å². The number of carboxylic acids is 1. The fourth-order valence-corrected chi connectivity index (χ4v) is 0.641. The lowest BCUT2D eigenvalue weighted by Crippen LogP contribution is -2.54. The van der Waals surface area contributed by atoms with E-state index in [1.165, 1.54) is 7.05 Å². The third-order valence-corrected chi connectivity index (χ3v) is 1.59. The molecule has 0 bridgehead atoms. The maximum absolute atomic E-state index is 10.2. The van der Waals surface area contributed by atoms with Crippen molar-refractivity contribution in [2.24, 2.45) is 0 Å². The highest BCUT2D eigenvalue weighted by molar-refractivity contribution is 5.69. The molecule has 12 heavy (non-hydrogen) atoms. The molecule has 72 valence electrons. The molecule has 0 aromatic rings. The third-order valence-electron chi connectivity index (χ3n) is 1.59. The monoisotopic (exact) mass is 179 g/mol. The smallest absolute Gasteiger partial charge is 0.317 e. The van der Waals surface area contributed by atoms with E-state index in [0.717, 1.165) is 4.90 Å². The van der Waals surface area contributed by atoms with Gasteiger partial charge >= 0.3 is 5.97 Å². The second-order valence-corrected chi connectivity index (χ2v) is 2.55. The van der Waals surface area contributed by atoms with Gasteiger partial charge in [-0.1, -0.05) is 0 Å². The lowest BCUT2D eigenvalue weighted by atomic mass is 10.2. The number of likely N-dealkylation sites (N-methyl/N-ethyl adjacent to an activating group) is 1. The van der Waals surface area contributed by atoms with Crippen LogP contribution >= 0.6 is 0 Å². The summed E-state index contributed by atoms with van der Waals surface area (Å²) in [5, 5.41) is 34.9. The Hall–Kier alpha value is -0.690. The maximum atomic E-state index is 10.2. The van der Waals surface area contributed by atoms with Crippen molar-refractivity contribution in [1.82, 2.24) is 4.90 Å². The van der Waals surface area contributed by atoms with Crippen molar-refractivity contribution >= 4 is 5.97 Å². The van der Waals surface area contributed by atoms with E-state index in [1.54, 1.807) is 0 Å². The highest BCUT2D eigenvalue weighted by Crippen LogP contribution is 2.06. The van der Waals surface area contributed by atoms with Gasteiger partial charge in [0, 0.05) is 0 Å². The van der Waals surface area contributed by atoms with Gasteiger partial charge in [-0.05, 0) is 7.05 Å². The van der Waals surface area contributed by atoms with Crippen LogP contribution in [0.15, 0.2) is 0 Å². The quantitative estimate of drug-likeness (QED) is 0.353. The number of hydrogen-bond donors (Lipinski definition) is 4. The van der Waals surface area contributed by atoms with Crippen LogP contribution in [0, 0.1) is 0 Å². The van der Waals surface area contributed by atoms with Crippen molar-refractivity contribution < 1.29 is 25.2 Å². The Morgan fingerprint density at radius 3 is 2.08 bits per heavy atom. The zero-order chi connectivity index (χ0) is 9.78. The highest BCUT2D eigenvalue weighted by Gasteiger charge is 2.31. The number of nitrogens with zero attached hydrogens (tertiary/aromatic N) is 1. The van der Waals surface area contributed by atoms with E-state index in [9.17, 15) is 9.90 Å². The molecule has 6 heteroatoms. The first-order valence-corrected chi connectivity index (χ1v) is 3.33. The minimum absolute atomic E-state index is 0.447. The summed E-state index contributed by atoms with van der Waals surface area (Å²) < 4.78 is 0. The van der Waals surface area contributed by atoms with Gasteiger partial charge in [0.15, 0.2) is 5.72 Å². The summed E-state index contributed by atoms with van der Waals surface area (Å²) >= 11 is 0. The van der Waals surface area contributed by atoms with E-state index in [0.29, 0.717) is 0 Å². The van der Waals surface area contributed by atoms with Crippen LogP contribution in [0.3, 0.4) is 0 Å². The number of aliphatic hydroxyl groups is 3. The molecule has 0 aliphatic rings. The summed E-state index contributed by atoms with van der Waals surface area (Å²) in [4.78, 5) is 11.1. The molecule has 0 unspecified atom stereocenters. The highest BCUT2D eigenvalue weighted by atomic mass is 16.4. The number of carboxylic acid groups (broad SMARTS) is 1. The van der Waals surface area contributed by atoms with Crippen molar-refractivity contribution in [2.75, 3.05) is 26.8 Å². The molecule has 0 spiro atoms. The second-order valence-electron chi connectivity index (χ2n) is 2.55. The van der Waals surface area contributed by atoms with Crippen molar-refractivity contribution in [1.29, 1.82) is 0 Å². The normalized spacial score (nSPS) is 12.1. The Balaban J connectivity index is 4.20. The molecule has 0 aliphatic carbocycles. The van der Waals surface area contributed by atoms with E-state index in [4.69, 9.17) is 15.3 Å². The minimum atomic E-state index is -1.86. The molecule has 0 aromatic heterocycles. The van der Waals surface area contributed by atoms with E-state index in [2.05, 4.69) is 0 Å². The molecule has 0 atom stereocenters. The van der Waals surface area contributed by atoms with Crippen LogP contribution in [0.2, 0.25) is 0 Å². The molecule has 0 saturated heterocycles. The van der Waals surface area contributed by atoms with Crippen LogP contribution in [0.25, 0.3) is 0 Å². The Morgan fingerprint density at radius 2 is 1.83 bits per heavy atom. The Labute approximate surface area is 69.7 Å². The SMILES string of the molecule is CN(CC(=O)O)C(O)(CO)CO. The summed E-state index contributed by atoms with van der Waals surface area (Å²) in [5.74, 6) is -1.14. The van der Waals surface area contributed by atoms with Crippen LogP contribution in [0.5, 0.6) is 0 Å². The van der Waals surface area contributed by atoms with Gasteiger partial charge in [0.2, 0.25) is 0 Å². The summed E-state index contributed by atoms with van der Waals surface area (Å²) in [6.45, 7) is -1.88. The van der Waals surface area contributed by atoms with E-state index in [1.807, 2.05) is 0 Å². The first kappa shape index (κ1) is 11.3. The van der Waals surface area contributed by atoms with Gasteiger partial charge in [-0.2, -0.15) is 0 Å². The topological polar surface area (TPSA) is 101 Å². The number of aliphatic carboxylic acids is 1. The standard InChI is InChI=1S/C6H13NO5/c1-7(2-5(10)11)6(12,3-8)4-9/h8-9,12H,2-4H2,1H3,(H,10,11). The lowest BCUT2D eigenvalue weighted by molar-refractivity contribution is -0.167. The summed E-state index contributed by atoms with van der Waals surface area (Å²) in [7, 11) is 1.29. The van der Waals surface area contributed by atoms with Gasteiger partial charge in [-0.3, -0.25) is 9.69 Å². The average Bonchev–Trinajstić information content (AvgIpc) is 2.02. The predicted octanol–water partition coefficient (Wildman–Crippen LogP) is -2.32. The summed E-state index contributed by atoms with van der Waals surface area (Å²) in [6, 6.07) is 0. The first-order valence-electron chi connectivity index (χ1n) is 3.33. The predicted molar refractivity (Wildman–Crippen MR) is 39.4 cm³/mol. The first-order chi connectivity index (χ1) is 5.46. The number of rotatable bonds is 5. The van der Waals surface area contributed by atoms with Gasteiger partial charge in [0.05, 0.1) is 19.8 Å². The molecular formula is C6H13NO5. The Morgan fingerprint density at radius 1 is 1.42 bits per heavy atom. The molecule has 0 rings (SSSR count). The third kappa shape index (κ3) is 2.74. The largest absolute Gasteiger partial charge is 0.480 e. The average molecular weight is 179 g/mol. The minimum Gasteiger partial charge on any atom is -0.480 e. The molecule has 0 aliphatic heterocycles. The lowest BCUT2D eigenvalue weighted by Gasteiger charge is -2.32. The van der Waals surface area contributed by atoms with E-state index in [-0.39, 0.29) is 0 Å². The van der Waals surface area contributed by atoms with Crippen LogP contribution in [0.4, 0.5) is 0 Å². The zero-order valence-corrected chi connectivity index (χ0v) is 6.77.